The Bertz CT molecular complexity index is 926. The average molecular weight is 429 g/mol. The first-order valence-electron chi connectivity index (χ1n) is 8.40. The Morgan fingerprint density at radius 1 is 1.32 bits per heavy atom. The second-order valence-electron chi connectivity index (χ2n) is 6.37. The lowest BCUT2D eigenvalue weighted by Crippen LogP contribution is -2.35. The van der Waals surface area contributed by atoms with Gasteiger partial charge in [0.1, 0.15) is 11.7 Å². The van der Waals surface area contributed by atoms with Gasteiger partial charge in [0.25, 0.3) is 6.43 Å². The molecule has 3 heterocycles. The molecule has 28 heavy (non-hydrogen) atoms. The van der Waals surface area contributed by atoms with Crippen LogP contribution in [-0.2, 0) is 4.79 Å². The molecule has 2 N–H and O–H groups in total. The van der Waals surface area contributed by atoms with E-state index in [9.17, 15) is 18.4 Å². The molecule has 1 aliphatic rings. The fourth-order valence-electron chi connectivity index (χ4n) is 2.92. The molecule has 148 valence electrons. The molecule has 1 saturated heterocycles. The van der Waals surface area contributed by atoms with Gasteiger partial charge in [0.2, 0.25) is 0 Å². The summed E-state index contributed by atoms with van der Waals surface area (Å²) in [5.74, 6) is -0.944. The van der Waals surface area contributed by atoms with Crippen molar-refractivity contribution in [3.05, 3.63) is 57.1 Å². The summed E-state index contributed by atoms with van der Waals surface area (Å²) in [4.78, 5) is 32.2. The van der Waals surface area contributed by atoms with Crippen LogP contribution in [0.2, 0.25) is 10.0 Å². The molecule has 1 unspecified atom stereocenters. The number of carbonyl (C=O) groups excluding carboxylic acids is 2. The topological polar surface area (TPSA) is 84.0 Å². The Morgan fingerprint density at radius 3 is 2.68 bits per heavy atom. The molecule has 0 aliphatic carbocycles. The van der Waals surface area contributed by atoms with Gasteiger partial charge in [-0.3, -0.25) is 9.78 Å². The Balaban J connectivity index is 1.99. The van der Waals surface area contributed by atoms with Crippen LogP contribution in [0.25, 0.3) is 0 Å². The van der Waals surface area contributed by atoms with Crippen molar-refractivity contribution in [3.8, 4) is 0 Å². The molecule has 2 amide bonds. The van der Waals surface area contributed by atoms with E-state index in [0.717, 1.165) is 0 Å². The smallest absolute Gasteiger partial charge is 0.315 e. The number of halogens is 4. The SMILES string of the molecule is Cc1ncc(C(CC(=O)[C@@H]2CNC(=O)N2)c2ccc(Cl)c(C(F)F)n2)cc1Cl. The number of Topliss-reactive ketones (excluding diaryl/α,β-unsaturated/α-hetero) is 1. The van der Waals surface area contributed by atoms with Crippen LogP contribution in [0, 0.1) is 6.92 Å². The second kappa shape index (κ2) is 8.36. The van der Waals surface area contributed by atoms with E-state index in [2.05, 4.69) is 20.6 Å². The number of amides is 2. The lowest BCUT2D eigenvalue weighted by Gasteiger charge is -2.19. The van der Waals surface area contributed by atoms with E-state index in [-0.39, 0.29) is 29.5 Å². The van der Waals surface area contributed by atoms with Gasteiger partial charge in [0, 0.05) is 30.8 Å². The summed E-state index contributed by atoms with van der Waals surface area (Å²) in [7, 11) is 0. The number of hydrogen-bond donors (Lipinski definition) is 2. The van der Waals surface area contributed by atoms with Crippen molar-refractivity contribution in [3.63, 3.8) is 0 Å². The summed E-state index contributed by atoms with van der Waals surface area (Å²) in [5, 5.41) is 5.26. The monoisotopic (exact) mass is 428 g/mol. The van der Waals surface area contributed by atoms with E-state index in [0.29, 0.717) is 16.3 Å². The maximum absolute atomic E-state index is 13.2. The number of hydrogen-bond acceptors (Lipinski definition) is 4. The predicted octanol–water partition coefficient (Wildman–Crippen LogP) is 3.80. The standard InChI is InChI=1S/C18H16Cl2F2N4O2/c1-8-12(20)4-9(6-23-8)10(5-15(27)14-7-24-18(28)26-14)13-3-2-11(19)16(25-13)17(21)22/h2-4,6,10,14,17H,5,7H2,1H3,(H2,24,26,28)/t10?,14-/m0/s1. The fourth-order valence-corrected chi connectivity index (χ4v) is 3.28. The van der Waals surface area contributed by atoms with Crippen LogP contribution in [0.1, 0.15) is 41.4 Å². The molecule has 1 fully saturated rings. The Kier molecular flexibility index (Phi) is 6.10. The van der Waals surface area contributed by atoms with Crippen molar-refractivity contribution in [2.75, 3.05) is 6.54 Å². The van der Waals surface area contributed by atoms with Gasteiger partial charge in [-0.05, 0) is 30.7 Å². The van der Waals surface area contributed by atoms with Gasteiger partial charge < -0.3 is 10.6 Å². The van der Waals surface area contributed by atoms with E-state index in [1.165, 1.54) is 18.3 Å². The number of aryl methyl sites for hydroxylation is 1. The number of nitrogens with zero attached hydrogens (tertiary/aromatic N) is 2. The minimum Gasteiger partial charge on any atom is -0.336 e. The van der Waals surface area contributed by atoms with Crippen LogP contribution in [-0.4, -0.2) is 34.4 Å². The number of carbonyl (C=O) groups is 2. The Hall–Kier alpha value is -2.32. The minimum atomic E-state index is -2.86. The summed E-state index contributed by atoms with van der Waals surface area (Å²) in [5.41, 5.74) is 0.835. The fraction of sp³-hybridized carbons (Fsp3) is 0.333. The highest BCUT2D eigenvalue weighted by Gasteiger charge is 2.31. The van der Waals surface area contributed by atoms with Gasteiger partial charge >= 0.3 is 6.03 Å². The van der Waals surface area contributed by atoms with E-state index in [1.54, 1.807) is 13.0 Å². The quantitative estimate of drug-likeness (QED) is 0.732. The van der Waals surface area contributed by atoms with Crippen LogP contribution in [0.5, 0.6) is 0 Å². The average Bonchev–Trinajstić information content (AvgIpc) is 3.09. The molecule has 0 spiro atoms. The van der Waals surface area contributed by atoms with E-state index >= 15 is 0 Å². The van der Waals surface area contributed by atoms with Gasteiger partial charge in [-0.25, -0.2) is 18.6 Å². The molecule has 0 radical (unpaired) electrons. The highest BCUT2D eigenvalue weighted by atomic mass is 35.5. The zero-order valence-corrected chi connectivity index (χ0v) is 16.2. The van der Waals surface area contributed by atoms with Crippen molar-refractivity contribution in [1.29, 1.82) is 0 Å². The van der Waals surface area contributed by atoms with E-state index in [4.69, 9.17) is 23.2 Å². The van der Waals surface area contributed by atoms with Crippen molar-refractivity contribution in [1.82, 2.24) is 20.6 Å². The van der Waals surface area contributed by atoms with Crippen molar-refractivity contribution >= 4 is 35.0 Å². The highest BCUT2D eigenvalue weighted by molar-refractivity contribution is 6.31. The molecule has 0 bridgehead atoms. The van der Waals surface area contributed by atoms with Gasteiger partial charge in [-0.15, -0.1) is 0 Å². The largest absolute Gasteiger partial charge is 0.336 e. The molecule has 0 saturated carbocycles. The Morgan fingerprint density at radius 2 is 2.07 bits per heavy atom. The van der Waals surface area contributed by atoms with E-state index in [1.807, 2.05) is 0 Å². The van der Waals surface area contributed by atoms with Crippen LogP contribution in [0.4, 0.5) is 13.6 Å². The molecule has 2 aromatic rings. The number of urea groups is 1. The van der Waals surface area contributed by atoms with Crippen LogP contribution in [0.15, 0.2) is 24.4 Å². The summed E-state index contributed by atoms with van der Waals surface area (Å²) in [6.45, 7) is 1.88. The third-order valence-electron chi connectivity index (χ3n) is 4.47. The van der Waals surface area contributed by atoms with E-state index < -0.39 is 30.1 Å². The lowest BCUT2D eigenvalue weighted by atomic mass is 9.89. The normalized spacial score (nSPS) is 17.4. The summed E-state index contributed by atoms with van der Waals surface area (Å²) < 4.78 is 26.5. The molecule has 2 aromatic heterocycles. The van der Waals surface area contributed by atoms with Crippen molar-refractivity contribution in [2.45, 2.75) is 31.7 Å². The highest BCUT2D eigenvalue weighted by Crippen LogP contribution is 2.33. The molecule has 1 aliphatic heterocycles. The zero-order valence-electron chi connectivity index (χ0n) is 14.7. The summed E-state index contributed by atoms with van der Waals surface area (Å²) in [6.07, 6.45) is -1.41. The van der Waals surface area contributed by atoms with Crippen molar-refractivity contribution in [2.24, 2.45) is 0 Å². The van der Waals surface area contributed by atoms with Gasteiger partial charge in [-0.1, -0.05) is 23.2 Å². The third kappa shape index (κ3) is 4.39. The number of rotatable bonds is 6. The molecule has 3 rings (SSSR count). The molecular weight excluding hydrogens is 413 g/mol. The molecule has 10 heteroatoms. The van der Waals surface area contributed by atoms with Gasteiger partial charge in [0.05, 0.1) is 15.7 Å². The van der Waals surface area contributed by atoms with Gasteiger partial charge in [0.15, 0.2) is 5.78 Å². The Labute approximate surface area is 169 Å². The number of alkyl halides is 2. The summed E-state index contributed by atoms with van der Waals surface area (Å²) in [6, 6.07) is 3.31. The van der Waals surface area contributed by atoms with Crippen LogP contribution in [0.3, 0.4) is 0 Å². The first kappa shape index (κ1) is 20.4. The first-order valence-corrected chi connectivity index (χ1v) is 9.15. The molecular formula is C18H16Cl2F2N4O2. The minimum absolute atomic E-state index is 0.0784. The van der Waals surface area contributed by atoms with Gasteiger partial charge in [-0.2, -0.15) is 0 Å². The molecule has 0 aromatic carbocycles. The third-order valence-corrected chi connectivity index (χ3v) is 5.18. The maximum atomic E-state index is 13.2. The van der Waals surface area contributed by atoms with Crippen molar-refractivity contribution < 1.29 is 18.4 Å². The number of aromatic nitrogens is 2. The number of nitrogens with one attached hydrogen (secondary N) is 2. The van der Waals surface area contributed by atoms with Crippen LogP contribution < -0.4 is 10.6 Å². The maximum Gasteiger partial charge on any atom is 0.315 e. The molecule has 2 atom stereocenters. The van der Waals surface area contributed by atoms with Crippen LogP contribution >= 0.6 is 23.2 Å². The lowest BCUT2D eigenvalue weighted by molar-refractivity contribution is -0.120. The number of pyridine rings is 2. The number of ketones is 1. The first-order chi connectivity index (χ1) is 13.3. The molecule has 6 nitrogen and oxygen atoms in total. The second-order valence-corrected chi connectivity index (χ2v) is 7.18. The zero-order chi connectivity index (χ0) is 20.4. The predicted molar refractivity (Wildman–Crippen MR) is 100.0 cm³/mol. The summed E-state index contributed by atoms with van der Waals surface area (Å²) >= 11 is 12.0.